The summed E-state index contributed by atoms with van der Waals surface area (Å²) in [4.78, 5) is 30.7. The summed E-state index contributed by atoms with van der Waals surface area (Å²) in [6.07, 6.45) is 3.53. The molecule has 1 N–H and O–H groups in total. The summed E-state index contributed by atoms with van der Waals surface area (Å²) in [6, 6.07) is 15.3. The van der Waals surface area contributed by atoms with E-state index in [1.165, 1.54) is 4.90 Å². The van der Waals surface area contributed by atoms with Gasteiger partial charge in [0.05, 0.1) is 18.7 Å². The van der Waals surface area contributed by atoms with E-state index >= 15 is 0 Å². The minimum absolute atomic E-state index is 0.00534. The number of rotatable bonds is 6. The molecule has 0 bridgehead atoms. The molecule has 1 amide bonds. The van der Waals surface area contributed by atoms with Crippen molar-refractivity contribution in [1.29, 1.82) is 0 Å². The number of ether oxygens (including phenoxy) is 1. The van der Waals surface area contributed by atoms with E-state index in [2.05, 4.69) is 20.9 Å². The lowest BCUT2D eigenvalue weighted by Crippen LogP contribution is -2.29. The van der Waals surface area contributed by atoms with Crippen molar-refractivity contribution < 1.29 is 24.4 Å². The molecule has 2 heterocycles. The first-order chi connectivity index (χ1) is 16.3. The Labute approximate surface area is 207 Å². The Bertz CT molecular complexity index is 1250. The second kappa shape index (κ2) is 9.81. The Morgan fingerprint density at radius 2 is 1.88 bits per heavy atom. The predicted octanol–water partition coefficient (Wildman–Crippen LogP) is 3.78. The summed E-state index contributed by atoms with van der Waals surface area (Å²) in [5, 5.41) is 13.6. The van der Waals surface area contributed by atoms with E-state index in [4.69, 9.17) is 4.74 Å². The third-order valence-electron chi connectivity index (χ3n) is 5.64. The zero-order valence-corrected chi connectivity index (χ0v) is 20.8. The van der Waals surface area contributed by atoms with Gasteiger partial charge in [0.2, 0.25) is 5.78 Å². The fourth-order valence-corrected chi connectivity index (χ4v) is 4.35. The molecule has 0 aliphatic carbocycles. The normalized spacial score (nSPS) is 17.4. The van der Waals surface area contributed by atoms with Crippen LogP contribution in [0, 0.1) is 6.92 Å². The first kappa shape index (κ1) is 23.7. The Hall–Kier alpha value is -3.45. The second-order valence-electron chi connectivity index (χ2n) is 8.52. The zero-order valence-electron chi connectivity index (χ0n) is 19.2. The number of carbonyl (C=O) groups is 2. The van der Waals surface area contributed by atoms with Gasteiger partial charge in [-0.1, -0.05) is 39.9 Å². The van der Waals surface area contributed by atoms with Gasteiger partial charge in [0.15, 0.2) is 12.4 Å². The predicted molar refractivity (Wildman–Crippen MR) is 129 cm³/mol. The number of likely N-dealkylation sites (tertiary alicyclic amines) is 1. The molecule has 3 aromatic rings. The number of Topliss-reactive ketones (excluding diaryl/α,β-unsaturated/α-hetero) is 1. The van der Waals surface area contributed by atoms with Crippen molar-refractivity contribution >= 4 is 33.4 Å². The number of aromatic amines is 1. The van der Waals surface area contributed by atoms with Crippen LogP contribution in [0.15, 0.2) is 77.0 Å². The molecule has 1 aromatic heterocycles. The maximum absolute atomic E-state index is 13.6. The molecule has 0 saturated carbocycles. The molecule has 1 aliphatic heterocycles. The number of H-pyrrole nitrogens is 1. The first-order valence-electron chi connectivity index (χ1n) is 11.0. The van der Waals surface area contributed by atoms with Crippen LogP contribution in [0.1, 0.15) is 42.1 Å². The summed E-state index contributed by atoms with van der Waals surface area (Å²) >= 11 is 3.42. The molecule has 6 nitrogen and oxygen atoms in total. The highest BCUT2D eigenvalue weighted by atomic mass is 79.9. The molecule has 2 aromatic carbocycles. The van der Waals surface area contributed by atoms with Gasteiger partial charge in [0.25, 0.3) is 5.91 Å². The van der Waals surface area contributed by atoms with Gasteiger partial charge in [-0.05, 0) is 67.8 Å². The molecule has 1 atom stereocenters. The maximum atomic E-state index is 13.6. The van der Waals surface area contributed by atoms with Crippen LogP contribution >= 0.6 is 15.9 Å². The lowest BCUT2D eigenvalue weighted by molar-refractivity contribution is -0.378. The third kappa shape index (κ3) is 4.75. The highest BCUT2D eigenvalue weighted by Crippen LogP contribution is 2.40. The number of carbonyl (C=O) groups excluding carboxylic acids is 2. The molecule has 1 fully saturated rings. The molecule has 1 saturated heterocycles. The van der Waals surface area contributed by atoms with Gasteiger partial charge in [0, 0.05) is 21.7 Å². The van der Waals surface area contributed by atoms with E-state index in [1.807, 2.05) is 57.2 Å². The standard InChI is InChI=1S/C27H25BrN2O4/c1-16(2)34-22-11-8-20(13-17(22)3)25(31)23-24(19-6-9-21(28)10-7-19)30(27(33)26(23)32)15-18-5-4-12-29-14-18/h4-14,16,24,31H,15H2,1-3H3. The van der Waals surface area contributed by atoms with Crippen molar-refractivity contribution in [2.75, 3.05) is 0 Å². The number of nitrogens with one attached hydrogen (secondary N) is 1. The molecule has 0 spiro atoms. The average Bonchev–Trinajstić information content (AvgIpc) is 3.06. The number of nitrogens with zero attached hydrogens (tertiary/aromatic N) is 1. The highest BCUT2D eigenvalue weighted by Gasteiger charge is 2.44. The largest absolute Gasteiger partial charge is 0.872 e. The van der Waals surface area contributed by atoms with E-state index in [-0.39, 0.29) is 18.2 Å². The molecule has 174 valence electrons. The van der Waals surface area contributed by atoms with Crippen LogP contribution in [0.25, 0.3) is 5.76 Å². The van der Waals surface area contributed by atoms with Crippen LogP contribution in [0.3, 0.4) is 0 Å². The van der Waals surface area contributed by atoms with Crippen LogP contribution < -0.4 is 14.8 Å². The summed E-state index contributed by atoms with van der Waals surface area (Å²) in [6.45, 7) is 5.91. The van der Waals surface area contributed by atoms with Crippen molar-refractivity contribution in [3.05, 3.63) is 99.3 Å². The Balaban J connectivity index is 1.82. The molecular weight excluding hydrogens is 496 g/mol. The summed E-state index contributed by atoms with van der Waals surface area (Å²) in [7, 11) is 0. The molecule has 1 unspecified atom stereocenters. The lowest BCUT2D eigenvalue weighted by Gasteiger charge is -2.27. The molecule has 0 radical (unpaired) electrons. The van der Waals surface area contributed by atoms with Crippen molar-refractivity contribution in [3.63, 3.8) is 0 Å². The Kier molecular flexibility index (Phi) is 6.84. The Morgan fingerprint density at radius 3 is 2.50 bits per heavy atom. The number of pyridine rings is 1. The smallest absolute Gasteiger partial charge is 0.295 e. The van der Waals surface area contributed by atoms with Crippen molar-refractivity contribution in [3.8, 4) is 5.75 Å². The summed E-state index contributed by atoms with van der Waals surface area (Å²) < 4.78 is 6.64. The van der Waals surface area contributed by atoms with Crippen molar-refractivity contribution in [2.45, 2.75) is 39.5 Å². The molecular formula is C27H25BrN2O4. The van der Waals surface area contributed by atoms with Gasteiger partial charge in [-0.25, -0.2) is 4.98 Å². The number of ketones is 1. The van der Waals surface area contributed by atoms with Crippen molar-refractivity contribution in [1.82, 2.24) is 4.90 Å². The minimum atomic E-state index is -0.785. The molecule has 1 aliphatic rings. The lowest BCUT2D eigenvalue weighted by atomic mass is 9.94. The molecule has 4 rings (SSSR count). The second-order valence-corrected chi connectivity index (χ2v) is 9.43. The minimum Gasteiger partial charge on any atom is -0.872 e. The van der Waals surface area contributed by atoms with Crippen LogP contribution in [-0.2, 0) is 16.1 Å². The summed E-state index contributed by atoms with van der Waals surface area (Å²) in [5.74, 6) is -1.22. The number of aryl methyl sites for hydroxylation is 1. The zero-order chi connectivity index (χ0) is 24.4. The van der Waals surface area contributed by atoms with Crippen LogP contribution in [0.4, 0.5) is 0 Å². The van der Waals surface area contributed by atoms with E-state index in [0.717, 1.165) is 15.6 Å². The third-order valence-corrected chi connectivity index (χ3v) is 6.17. The number of hydrogen-bond donors (Lipinski definition) is 0. The van der Waals surface area contributed by atoms with Crippen LogP contribution in [-0.4, -0.2) is 22.7 Å². The van der Waals surface area contributed by atoms with E-state index in [9.17, 15) is 14.7 Å². The monoisotopic (exact) mass is 520 g/mol. The SMILES string of the molecule is Cc1cc(C([O-])=C2C(=O)C(=O)N(Cc3ccc[nH+]c3)C2c2ccc(Br)cc2)ccc1OC(C)C. The fraction of sp³-hybridized carbons (Fsp3) is 0.222. The van der Waals surface area contributed by atoms with E-state index in [1.54, 1.807) is 30.6 Å². The van der Waals surface area contributed by atoms with Crippen molar-refractivity contribution in [2.24, 2.45) is 0 Å². The van der Waals surface area contributed by atoms with E-state index in [0.29, 0.717) is 16.9 Å². The summed E-state index contributed by atoms with van der Waals surface area (Å²) in [5.41, 5.74) is 2.62. The van der Waals surface area contributed by atoms with Gasteiger partial charge >= 0.3 is 0 Å². The van der Waals surface area contributed by atoms with Crippen LogP contribution in [0.2, 0.25) is 0 Å². The Morgan fingerprint density at radius 1 is 1.15 bits per heavy atom. The van der Waals surface area contributed by atoms with Gasteiger partial charge in [-0.3, -0.25) is 9.59 Å². The highest BCUT2D eigenvalue weighted by molar-refractivity contribution is 9.10. The number of benzene rings is 2. The average molecular weight is 521 g/mol. The maximum Gasteiger partial charge on any atom is 0.295 e. The number of halogens is 1. The molecule has 34 heavy (non-hydrogen) atoms. The number of aromatic nitrogens is 1. The van der Waals surface area contributed by atoms with Gasteiger partial charge in [0.1, 0.15) is 5.75 Å². The number of amides is 1. The van der Waals surface area contributed by atoms with Crippen LogP contribution in [0.5, 0.6) is 5.75 Å². The number of hydrogen-bond acceptors (Lipinski definition) is 4. The topological polar surface area (TPSA) is 83.8 Å². The van der Waals surface area contributed by atoms with Gasteiger partial charge in [-0.15, -0.1) is 0 Å². The van der Waals surface area contributed by atoms with E-state index < -0.39 is 23.5 Å². The fourth-order valence-electron chi connectivity index (χ4n) is 4.08. The quantitative estimate of drug-likeness (QED) is 0.281. The van der Waals surface area contributed by atoms with Gasteiger partial charge < -0.3 is 14.7 Å². The first-order valence-corrected chi connectivity index (χ1v) is 11.8. The van der Waals surface area contributed by atoms with Gasteiger partial charge in [-0.2, -0.15) is 0 Å². The molecule has 7 heteroatoms.